The molecule has 0 fully saturated rings. The molecule has 0 spiro atoms. The first-order valence-corrected chi connectivity index (χ1v) is 5.29. The van der Waals surface area contributed by atoms with Crippen molar-refractivity contribution in [2.75, 3.05) is 18.5 Å². The van der Waals surface area contributed by atoms with E-state index in [1.807, 2.05) is 0 Å². The highest BCUT2D eigenvalue weighted by molar-refractivity contribution is 5.76. The highest BCUT2D eigenvalue weighted by Gasteiger charge is 2.03. The lowest BCUT2D eigenvalue weighted by Gasteiger charge is -2.08. The third-order valence-corrected chi connectivity index (χ3v) is 2.04. The average Bonchev–Trinajstić information content (AvgIpc) is 2.21. The molecule has 0 saturated carbocycles. The molecule has 0 saturated heterocycles. The van der Waals surface area contributed by atoms with Crippen LogP contribution >= 0.6 is 0 Å². The molecule has 4 heteroatoms. The van der Waals surface area contributed by atoms with E-state index >= 15 is 0 Å². The van der Waals surface area contributed by atoms with Gasteiger partial charge in [-0.2, -0.15) is 0 Å². The summed E-state index contributed by atoms with van der Waals surface area (Å²) in [5, 5.41) is 2.97. The number of hydrogen-bond acceptors (Lipinski definition) is 3. The van der Waals surface area contributed by atoms with Crippen molar-refractivity contribution in [1.29, 1.82) is 0 Å². The van der Waals surface area contributed by atoms with Crippen LogP contribution in [0.25, 0.3) is 0 Å². The maximum atomic E-state index is 13.4. The van der Waals surface area contributed by atoms with E-state index in [0.29, 0.717) is 25.3 Å². The van der Waals surface area contributed by atoms with E-state index in [0.717, 1.165) is 0 Å². The van der Waals surface area contributed by atoms with Gasteiger partial charge in [0.25, 0.3) is 0 Å². The van der Waals surface area contributed by atoms with E-state index in [1.165, 1.54) is 13.0 Å². The fourth-order valence-electron chi connectivity index (χ4n) is 1.27. The van der Waals surface area contributed by atoms with Gasteiger partial charge in [0, 0.05) is 24.7 Å². The van der Waals surface area contributed by atoms with Crippen LogP contribution in [0.3, 0.4) is 0 Å². The molecular formula is C12H16FNO2. The number of carbonyl (C=O) groups is 1. The first kappa shape index (κ1) is 12.5. The zero-order valence-corrected chi connectivity index (χ0v) is 9.55. The molecule has 0 unspecified atom stereocenters. The minimum Gasteiger partial charge on any atom is -0.491 e. The van der Waals surface area contributed by atoms with Crippen molar-refractivity contribution < 1.29 is 13.9 Å². The monoisotopic (exact) mass is 225 g/mol. The number of benzene rings is 1. The van der Waals surface area contributed by atoms with E-state index in [1.54, 1.807) is 19.1 Å². The molecule has 0 heterocycles. The molecule has 0 bridgehead atoms. The molecule has 0 radical (unpaired) electrons. The van der Waals surface area contributed by atoms with Crippen LogP contribution in [0.1, 0.15) is 20.3 Å². The number of hydrogen-bond donors (Lipinski definition) is 1. The van der Waals surface area contributed by atoms with Crippen LogP contribution in [-0.4, -0.2) is 18.9 Å². The molecule has 1 N–H and O–H groups in total. The first-order valence-electron chi connectivity index (χ1n) is 5.29. The van der Waals surface area contributed by atoms with Crippen LogP contribution in [0, 0.1) is 5.82 Å². The first-order chi connectivity index (χ1) is 7.63. The maximum absolute atomic E-state index is 13.4. The molecule has 0 atom stereocenters. The van der Waals surface area contributed by atoms with Crippen LogP contribution in [0.5, 0.6) is 5.75 Å². The number of anilines is 1. The molecule has 1 aromatic rings. The smallest absolute Gasteiger partial charge is 0.167 e. The summed E-state index contributed by atoms with van der Waals surface area (Å²) < 4.78 is 18.5. The molecule has 0 amide bonds. The van der Waals surface area contributed by atoms with Crippen LogP contribution < -0.4 is 10.1 Å². The van der Waals surface area contributed by atoms with Gasteiger partial charge in [-0.1, -0.05) is 0 Å². The third kappa shape index (κ3) is 3.88. The van der Waals surface area contributed by atoms with E-state index in [4.69, 9.17) is 4.74 Å². The predicted octanol–water partition coefficient (Wildman–Crippen LogP) is 2.62. The number of nitrogens with one attached hydrogen (secondary N) is 1. The van der Waals surface area contributed by atoms with Gasteiger partial charge in [0.2, 0.25) is 0 Å². The van der Waals surface area contributed by atoms with Crippen LogP contribution in [-0.2, 0) is 4.79 Å². The molecule has 0 aliphatic rings. The minimum atomic E-state index is -0.394. The van der Waals surface area contributed by atoms with Crippen molar-refractivity contribution in [3.63, 3.8) is 0 Å². The molecule has 16 heavy (non-hydrogen) atoms. The highest BCUT2D eigenvalue weighted by Crippen LogP contribution is 2.20. The summed E-state index contributed by atoms with van der Waals surface area (Å²) in [6.45, 7) is 4.29. The molecule has 3 nitrogen and oxygen atoms in total. The summed E-state index contributed by atoms with van der Waals surface area (Å²) in [5.41, 5.74) is 0.655. The minimum absolute atomic E-state index is 0.110. The SMILES string of the molecule is CCOc1ccc(NCCC(C)=O)cc1F. The van der Waals surface area contributed by atoms with Crippen molar-refractivity contribution in [3.05, 3.63) is 24.0 Å². The fraction of sp³-hybridized carbons (Fsp3) is 0.417. The Kier molecular flexibility index (Phi) is 4.76. The zero-order chi connectivity index (χ0) is 12.0. The molecule has 0 aliphatic heterocycles. The topological polar surface area (TPSA) is 38.3 Å². The normalized spacial score (nSPS) is 9.94. The van der Waals surface area contributed by atoms with Crippen molar-refractivity contribution in [2.24, 2.45) is 0 Å². The molecule has 1 rings (SSSR count). The van der Waals surface area contributed by atoms with Gasteiger partial charge >= 0.3 is 0 Å². The predicted molar refractivity (Wildman–Crippen MR) is 61.4 cm³/mol. The summed E-state index contributed by atoms with van der Waals surface area (Å²) >= 11 is 0. The number of ether oxygens (including phenoxy) is 1. The number of halogens is 1. The van der Waals surface area contributed by atoms with Crippen molar-refractivity contribution in [1.82, 2.24) is 0 Å². The third-order valence-electron chi connectivity index (χ3n) is 2.04. The highest BCUT2D eigenvalue weighted by atomic mass is 19.1. The second kappa shape index (κ2) is 6.10. The lowest BCUT2D eigenvalue weighted by Crippen LogP contribution is -2.06. The van der Waals surface area contributed by atoms with Crippen molar-refractivity contribution in [3.8, 4) is 5.75 Å². The standard InChI is InChI=1S/C12H16FNO2/c1-3-16-12-5-4-10(8-11(12)13)14-7-6-9(2)15/h4-5,8,14H,3,6-7H2,1-2H3. The molecule has 1 aromatic carbocycles. The Hall–Kier alpha value is -1.58. The van der Waals surface area contributed by atoms with E-state index in [-0.39, 0.29) is 11.5 Å². The summed E-state index contributed by atoms with van der Waals surface area (Å²) in [4.78, 5) is 10.7. The Bertz CT molecular complexity index is 366. The second-order valence-electron chi connectivity index (χ2n) is 3.46. The zero-order valence-electron chi connectivity index (χ0n) is 9.55. The van der Waals surface area contributed by atoms with E-state index < -0.39 is 5.82 Å². The number of ketones is 1. The summed E-state index contributed by atoms with van der Waals surface area (Å²) in [6.07, 6.45) is 0.439. The van der Waals surface area contributed by atoms with E-state index in [2.05, 4.69) is 5.32 Å². The van der Waals surface area contributed by atoms with Gasteiger partial charge in [-0.25, -0.2) is 4.39 Å². The maximum Gasteiger partial charge on any atom is 0.167 e. The lowest BCUT2D eigenvalue weighted by molar-refractivity contribution is -0.116. The Balaban J connectivity index is 2.55. The summed E-state index contributed by atoms with van der Waals surface area (Å²) in [5.74, 6) is -0.0341. The fourth-order valence-corrected chi connectivity index (χ4v) is 1.27. The summed E-state index contributed by atoms with van der Waals surface area (Å²) in [6, 6.07) is 4.67. The Morgan fingerprint density at radius 3 is 2.81 bits per heavy atom. The van der Waals surface area contributed by atoms with Gasteiger partial charge in [0.15, 0.2) is 11.6 Å². The molecule has 0 aromatic heterocycles. The van der Waals surface area contributed by atoms with E-state index in [9.17, 15) is 9.18 Å². The van der Waals surface area contributed by atoms with Crippen molar-refractivity contribution >= 4 is 11.5 Å². The number of Topliss-reactive ketones (excluding diaryl/α,β-unsaturated/α-hetero) is 1. The van der Waals surface area contributed by atoms with Gasteiger partial charge in [0.05, 0.1) is 6.61 Å². The van der Waals surface area contributed by atoms with Gasteiger partial charge in [0.1, 0.15) is 5.78 Å². The second-order valence-corrected chi connectivity index (χ2v) is 3.46. The number of carbonyl (C=O) groups excluding carboxylic acids is 1. The van der Waals surface area contributed by atoms with Gasteiger partial charge in [-0.15, -0.1) is 0 Å². The Morgan fingerprint density at radius 1 is 1.50 bits per heavy atom. The average molecular weight is 225 g/mol. The lowest BCUT2D eigenvalue weighted by atomic mass is 10.2. The van der Waals surface area contributed by atoms with Crippen LogP contribution in [0.15, 0.2) is 18.2 Å². The van der Waals surface area contributed by atoms with Crippen LogP contribution in [0.2, 0.25) is 0 Å². The van der Waals surface area contributed by atoms with Gasteiger partial charge in [-0.05, 0) is 26.0 Å². The van der Waals surface area contributed by atoms with Gasteiger partial charge < -0.3 is 10.1 Å². The molecule has 0 aliphatic carbocycles. The quantitative estimate of drug-likeness (QED) is 0.808. The Labute approximate surface area is 94.6 Å². The number of rotatable bonds is 6. The largest absolute Gasteiger partial charge is 0.491 e. The van der Waals surface area contributed by atoms with Gasteiger partial charge in [-0.3, -0.25) is 4.79 Å². The molecule has 88 valence electrons. The van der Waals surface area contributed by atoms with Crippen LogP contribution in [0.4, 0.5) is 10.1 Å². The van der Waals surface area contributed by atoms with Crippen molar-refractivity contribution in [2.45, 2.75) is 20.3 Å². The molecular weight excluding hydrogens is 209 g/mol. The Morgan fingerprint density at radius 2 is 2.25 bits per heavy atom. The summed E-state index contributed by atoms with van der Waals surface area (Å²) in [7, 11) is 0.